The van der Waals surface area contributed by atoms with E-state index in [2.05, 4.69) is 43.4 Å². The second-order valence-electron chi connectivity index (χ2n) is 4.63. The second-order valence-corrected chi connectivity index (χ2v) is 5.88. The van der Waals surface area contributed by atoms with Crippen LogP contribution in [0.1, 0.15) is 18.4 Å². The van der Waals surface area contributed by atoms with Gasteiger partial charge in [-0.1, -0.05) is 6.07 Å². The van der Waals surface area contributed by atoms with Crippen LogP contribution in [-0.4, -0.2) is 23.0 Å². The number of nitrogens with zero attached hydrogens (tertiary/aromatic N) is 2. The summed E-state index contributed by atoms with van der Waals surface area (Å²) in [5, 5.41) is 6.55. The summed E-state index contributed by atoms with van der Waals surface area (Å²) in [6, 6.07) is 11.0. The third-order valence-electron chi connectivity index (χ3n) is 2.79. The van der Waals surface area contributed by atoms with Gasteiger partial charge in [-0.25, -0.2) is 5.43 Å². The van der Waals surface area contributed by atoms with E-state index in [1.165, 1.54) is 6.21 Å². The van der Waals surface area contributed by atoms with E-state index < -0.39 is 0 Å². The number of nitrogens with one attached hydrogen (secondary N) is 2. The van der Waals surface area contributed by atoms with Gasteiger partial charge in [0.2, 0.25) is 11.8 Å². The Bertz CT molecular complexity index is 687. The van der Waals surface area contributed by atoms with E-state index in [0.29, 0.717) is 5.69 Å². The number of carbonyl (C=O) groups is 2. The molecule has 1 aromatic heterocycles. The monoisotopic (exact) mass is 422 g/mol. The smallest absolute Gasteiger partial charge is 0.240 e. The van der Waals surface area contributed by atoms with Crippen molar-refractivity contribution < 1.29 is 9.59 Å². The zero-order chi connectivity index (χ0) is 16.5. The van der Waals surface area contributed by atoms with Crippen LogP contribution in [0.15, 0.2) is 53.9 Å². The molecule has 0 saturated heterocycles. The molecular weight excluding hydrogens is 407 g/mol. The molecule has 2 rings (SSSR count). The number of amides is 2. The van der Waals surface area contributed by atoms with Crippen LogP contribution in [0.2, 0.25) is 0 Å². The highest BCUT2D eigenvalue weighted by Gasteiger charge is 2.06. The summed E-state index contributed by atoms with van der Waals surface area (Å²) in [6.45, 7) is 0. The molecule has 0 saturated carbocycles. The third kappa shape index (κ3) is 6.55. The lowest BCUT2D eigenvalue weighted by molar-refractivity contribution is -0.124. The van der Waals surface area contributed by atoms with Crippen LogP contribution in [0.25, 0.3) is 0 Å². The fourth-order valence-corrected chi connectivity index (χ4v) is 2.03. The molecule has 0 aliphatic rings. The summed E-state index contributed by atoms with van der Waals surface area (Å²) in [5.41, 5.74) is 3.87. The van der Waals surface area contributed by atoms with Gasteiger partial charge in [0.15, 0.2) is 0 Å². The van der Waals surface area contributed by atoms with Crippen molar-refractivity contribution >= 4 is 46.3 Å². The first kappa shape index (κ1) is 17.1. The van der Waals surface area contributed by atoms with Crippen LogP contribution in [-0.2, 0) is 9.59 Å². The minimum Gasteiger partial charge on any atom is -0.326 e. The average Bonchev–Trinajstić information content (AvgIpc) is 2.56. The molecule has 6 nitrogen and oxygen atoms in total. The van der Waals surface area contributed by atoms with E-state index >= 15 is 0 Å². The minimum atomic E-state index is -0.317. The predicted octanol–water partition coefficient (Wildman–Crippen LogP) is 2.56. The number of hydrazone groups is 1. The van der Waals surface area contributed by atoms with E-state index in [1.54, 1.807) is 18.5 Å². The highest BCUT2D eigenvalue weighted by atomic mass is 127. The molecular formula is C16H15IN4O2. The van der Waals surface area contributed by atoms with Crippen LogP contribution in [0, 0.1) is 3.57 Å². The highest BCUT2D eigenvalue weighted by molar-refractivity contribution is 14.1. The molecule has 0 aliphatic carbocycles. The number of carbonyl (C=O) groups excluding carboxylic acids is 2. The first-order valence-corrected chi connectivity index (χ1v) is 7.99. The number of anilines is 1. The Hall–Kier alpha value is -2.29. The molecule has 0 spiro atoms. The Morgan fingerprint density at radius 3 is 2.57 bits per heavy atom. The number of hydrogen-bond acceptors (Lipinski definition) is 4. The Labute approximate surface area is 147 Å². The topological polar surface area (TPSA) is 83.5 Å². The van der Waals surface area contributed by atoms with E-state index in [9.17, 15) is 9.59 Å². The van der Waals surface area contributed by atoms with Crippen LogP contribution in [0.3, 0.4) is 0 Å². The molecule has 1 heterocycles. The van der Waals surface area contributed by atoms with E-state index in [-0.39, 0.29) is 24.7 Å². The van der Waals surface area contributed by atoms with Crippen molar-refractivity contribution in [1.82, 2.24) is 10.4 Å². The van der Waals surface area contributed by atoms with Crippen molar-refractivity contribution in [3.63, 3.8) is 0 Å². The summed E-state index contributed by atoms with van der Waals surface area (Å²) >= 11 is 2.19. The fourth-order valence-electron chi connectivity index (χ4n) is 1.67. The van der Waals surface area contributed by atoms with Gasteiger partial charge in [-0.05, 0) is 52.9 Å². The van der Waals surface area contributed by atoms with Gasteiger partial charge in [0, 0.05) is 40.1 Å². The maximum atomic E-state index is 11.8. The Morgan fingerprint density at radius 2 is 1.87 bits per heavy atom. The zero-order valence-corrected chi connectivity index (χ0v) is 14.4. The second kappa shape index (κ2) is 8.99. The normalized spacial score (nSPS) is 10.5. The molecule has 2 N–H and O–H groups in total. The van der Waals surface area contributed by atoms with E-state index in [1.807, 2.05) is 30.3 Å². The van der Waals surface area contributed by atoms with Crippen LogP contribution < -0.4 is 10.7 Å². The number of benzene rings is 1. The molecule has 0 unspecified atom stereocenters. The molecule has 0 fully saturated rings. The average molecular weight is 422 g/mol. The summed E-state index contributed by atoms with van der Waals surface area (Å²) < 4.78 is 1.09. The van der Waals surface area contributed by atoms with Crippen LogP contribution in [0.5, 0.6) is 0 Å². The van der Waals surface area contributed by atoms with Crippen molar-refractivity contribution in [2.24, 2.45) is 5.10 Å². The Balaban J connectivity index is 1.70. The molecule has 118 valence electrons. The maximum Gasteiger partial charge on any atom is 0.240 e. The van der Waals surface area contributed by atoms with Gasteiger partial charge < -0.3 is 5.32 Å². The first-order chi connectivity index (χ1) is 11.1. The van der Waals surface area contributed by atoms with Crippen molar-refractivity contribution in [1.29, 1.82) is 0 Å². The van der Waals surface area contributed by atoms with Gasteiger partial charge in [-0.15, -0.1) is 0 Å². The summed E-state index contributed by atoms with van der Waals surface area (Å²) in [7, 11) is 0. The lowest BCUT2D eigenvalue weighted by atomic mass is 10.2. The summed E-state index contributed by atoms with van der Waals surface area (Å²) in [4.78, 5) is 27.3. The van der Waals surface area contributed by atoms with E-state index in [4.69, 9.17) is 0 Å². The fraction of sp³-hybridized carbons (Fsp3) is 0.125. The highest BCUT2D eigenvalue weighted by Crippen LogP contribution is 2.11. The zero-order valence-electron chi connectivity index (χ0n) is 12.2. The predicted molar refractivity (Wildman–Crippen MR) is 97.0 cm³/mol. The molecule has 2 aromatic rings. The Kier molecular flexibility index (Phi) is 6.67. The number of halogens is 1. The molecule has 7 heteroatoms. The number of rotatable bonds is 6. The van der Waals surface area contributed by atoms with Crippen LogP contribution in [0.4, 0.5) is 5.69 Å². The quantitative estimate of drug-likeness (QED) is 0.427. The molecule has 23 heavy (non-hydrogen) atoms. The van der Waals surface area contributed by atoms with Crippen molar-refractivity contribution in [2.75, 3.05) is 5.32 Å². The van der Waals surface area contributed by atoms with Crippen molar-refractivity contribution in [3.05, 3.63) is 57.9 Å². The summed E-state index contributed by atoms with van der Waals surface area (Å²) in [6.07, 6.45) is 4.95. The Morgan fingerprint density at radius 1 is 1.13 bits per heavy atom. The lowest BCUT2D eigenvalue weighted by Gasteiger charge is -2.04. The van der Waals surface area contributed by atoms with Crippen molar-refractivity contribution in [3.8, 4) is 0 Å². The molecule has 0 atom stereocenters. The van der Waals surface area contributed by atoms with Gasteiger partial charge in [-0.2, -0.15) is 5.10 Å². The minimum absolute atomic E-state index is 0.0700. The maximum absolute atomic E-state index is 11.8. The van der Waals surface area contributed by atoms with E-state index in [0.717, 1.165) is 9.13 Å². The first-order valence-electron chi connectivity index (χ1n) is 6.91. The number of aromatic nitrogens is 1. The molecule has 2 amide bonds. The van der Waals surface area contributed by atoms with Gasteiger partial charge in [0.1, 0.15) is 0 Å². The van der Waals surface area contributed by atoms with Crippen molar-refractivity contribution in [2.45, 2.75) is 12.8 Å². The van der Waals surface area contributed by atoms with Crippen LogP contribution >= 0.6 is 22.6 Å². The molecule has 0 bridgehead atoms. The van der Waals surface area contributed by atoms with Gasteiger partial charge in [0.25, 0.3) is 0 Å². The van der Waals surface area contributed by atoms with Gasteiger partial charge in [-0.3, -0.25) is 14.6 Å². The third-order valence-corrected chi connectivity index (χ3v) is 3.51. The lowest BCUT2D eigenvalue weighted by Crippen LogP contribution is -2.20. The standard InChI is InChI=1S/C16H15IN4O2/c17-13-3-5-14(6-4-13)20-15(22)7-8-16(23)21-19-11-12-2-1-9-18-10-12/h1-6,9-11H,7-8H2,(H,20,22)(H,21,23). The number of pyridine rings is 1. The largest absolute Gasteiger partial charge is 0.326 e. The van der Waals surface area contributed by atoms with Gasteiger partial charge in [0.05, 0.1) is 6.21 Å². The molecule has 0 radical (unpaired) electrons. The molecule has 0 aliphatic heterocycles. The number of hydrogen-bond donors (Lipinski definition) is 2. The van der Waals surface area contributed by atoms with Gasteiger partial charge >= 0.3 is 0 Å². The summed E-state index contributed by atoms with van der Waals surface area (Å²) in [5.74, 6) is -0.527. The SMILES string of the molecule is O=C(CCC(=O)Nc1ccc(I)cc1)NN=Cc1cccnc1. The molecule has 1 aromatic carbocycles.